The summed E-state index contributed by atoms with van der Waals surface area (Å²) in [5.41, 5.74) is 1.02. The monoisotopic (exact) mass is 411 g/mol. The van der Waals surface area contributed by atoms with Crippen LogP contribution in [0.25, 0.3) is 0 Å². The topological polar surface area (TPSA) is 38.3 Å². The molecule has 3 rings (SSSR count). The number of fused-ring (bicyclic) bond motifs is 1. The molecular formula is C17H15BrClNO2S. The van der Waals surface area contributed by atoms with Gasteiger partial charge in [0.1, 0.15) is 5.75 Å². The smallest absolute Gasteiger partial charge is 0.230 e. The molecule has 0 saturated carbocycles. The molecule has 1 heterocycles. The van der Waals surface area contributed by atoms with Crippen LogP contribution in [0.15, 0.2) is 51.8 Å². The maximum atomic E-state index is 12.2. The molecule has 0 spiro atoms. The fourth-order valence-corrected chi connectivity index (χ4v) is 3.65. The number of carbonyl (C=O) groups is 1. The van der Waals surface area contributed by atoms with Crippen LogP contribution in [0.3, 0.4) is 0 Å². The van der Waals surface area contributed by atoms with E-state index in [0.717, 1.165) is 27.1 Å². The molecule has 1 aliphatic rings. The van der Waals surface area contributed by atoms with E-state index in [2.05, 4.69) is 21.2 Å². The van der Waals surface area contributed by atoms with E-state index < -0.39 is 0 Å². The van der Waals surface area contributed by atoms with Crippen molar-refractivity contribution in [3.63, 3.8) is 0 Å². The average molecular weight is 413 g/mol. The highest BCUT2D eigenvalue weighted by molar-refractivity contribution is 9.10. The molecule has 1 amide bonds. The number of hydrogen-bond donors (Lipinski definition) is 1. The summed E-state index contributed by atoms with van der Waals surface area (Å²) in [7, 11) is 0. The molecule has 23 heavy (non-hydrogen) atoms. The fourth-order valence-electron chi connectivity index (χ4n) is 2.43. The summed E-state index contributed by atoms with van der Waals surface area (Å²) in [5, 5.41) is 3.79. The average Bonchev–Trinajstić information content (AvgIpc) is 2.55. The van der Waals surface area contributed by atoms with E-state index in [0.29, 0.717) is 17.4 Å². The van der Waals surface area contributed by atoms with Gasteiger partial charge in [0.05, 0.1) is 18.4 Å². The molecule has 0 fully saturated rings. The molecule has 0 radical (unpaired) electrons. The molecule has 120 valence electrons. The first-order valence-corrected chi connectivity index (χ1v) is 9.37. The first kappa shape index (κ1) is 16.7. The van der Waals surface area contributed by atoms with Crippen molar-refractivity contribution in [2.45, 2.75) is 17.4 Å². The third-order valence-corrected chi connectivity index (χ3v) is 5.29. The molecule has 1 unspecified atom stereocenters. The van der Waals surface area contributed by atoms with Gasteiger partial charge in [0, 0.05) is 26.4 Å². The van der Waals surface area contributed by atoms with Gasteiger partial charge in [-0.05, 0) is 42.5 Å². The first-order valence-electron chi connectivity index (χ1n) is 7.22. The Labute approximate surface area is 152 Å². The summed E-state index contributed by atoms with van der Waals surface area (Å²) in [5.74, 6) is 1.24. The number of halogens is 2. The Kier molecular flexibility index (Phi) is 5.51. The minimum absolute atomic E-state index is 0.00503. The minimum Gasteiger partial charge on any atom is -0.493 e. The van der Waals surface area contributed by atoms with Crippen LogP contribution in [0, 0.1) is 0 Å². The highest BCUT2D eigenvalue weighted by atomic mass is 79.9. The molecular weight excluding hydrogens is 398 g/mol. The van der Waals surface area contributed by atoms with Crippen molar-refractivity contribution in [3.8, 4) is 5.75 Å². The zero-order valence-corrected chi connectivity index (χ0v) is 15.4. The highest BCUT2D eigenvalue weighted by Crippen LogP contribution is 2.34. The Bertz CT molecular complexity index is 708. The summed E-state index contributed by atoms with van der Waals surface area (Å²) >= 11 is 10.8. The summed E-state index contributed by atoms with van der Waals surface area (Å²) < 4.78 is 6.62. The Balaban J connectivity index is 1.60. The van der Waals surface area contributed by atoms with Crippen molar-refractivity contribution in [3.05, 3.63) is 57.5 Å². The minimum atomic E-state index is -0.00503. The Hall–Kier alpha value is -1.17. The molecule has 0 saturated heterocycles. The zero-order valence-electron chi connectivity index (χ0n) is 12.2. The van der Waals surface area contributed by atoms with Crippen LogP contribution in [-0.4, -0.2) is 18.3 Å². The van der Waals surface area contributed by atoms with Crippen molar-refractivity contribution in [1.29, 1.82) is 0 Å². The lowest BCUT2D eigenvalue weighted by Crippen LogP contribution is -2.33. The van der Waals surface area contributed by atoms with E-state index in [4.69, 9.17) is 16.3 Å². The maximum Gasteiger partial charge on any atom is 0.230 e. The zero-order chi connectivity index (χ0) is 16.2. The van der Waals surface area contributed by atoms with E-state index in [1.807, 2.05) is 42.5 Å². The molecule has 6 heteroatoms. The quantitative estimate of drug-likeness (QED) is 0.731. The number of thioether (sulfide) groups is 1. The number of hydrogen-bond acceptors (Lipinski definition) is 3. The molecule has 0 bridgehead atoms. The van der Waals surface area contributed by atoms with Gasteiger partial charge in [-0.3, -0.25) is 4.79 Å². The summed E-state index contributed by atoms with van der Waals surface area (Å²) in [6, 6.07) is 13.4. The molecule has 1 atom stereocenters. The van der Waals surface area contributed by atoms with Crippen LogP contribution in [-0.2, 0) is 4.79 Å². The third-order valence-electron chi connectivity index (χ3n) is 3.53. The van der Waals surface area contributed by atoms with E-state index in [1.54, 1.807) is 0 Å². The maximum absolute atomic E-state index is 12.2. The van der Waals surface area contributed by atoms with Crippen molar-refractivity contribution >= 4 is 45.2 Å². The van der Waals surface area contributed by atoms with E-state index in [-0.39, 0.29) is 11.9 Å². The molecule has 3 nitrogen and oxygen atoms in total. The van der Waals surface area contributed by atoms with Gasteiger partial charge >= 0.3 is 0 Å². The predicted molar refractivity (Wildman–Crippen MR) is 97.3 cm³/mol. The predicted octanol–water partition coefficient (Wildman–Crippen LogP) is 4.83. The van der Waals surface area contributed by atoms with Gasteiger partial charge in [-0.2, -0.15) is 0 Å². The van der Waals surface area contributed by atoms with E-state index in [9.17, 15) is 4.79 Å². The lowest BCUT2D eigenvalue weighted by Gasteiger charge is -2.27. The highest BCUT2D eigenvalue weighted by Gasteiger charge is 2.23. The Morgan fingerprint density at radius 3 is 2.87 bits per heavy atom. The van der Waals surface area contributed by atoms with Crippen molar-refractivity contribution in [1.82, 2.24) is 5.32 Å². The second kappa shape index (κ2) is 7.60. The molecule has 1 aliphatic heterocycles. The molecule has 2 aromatic rings. The third kappa shape index (κ3) is 4.43. The van der Waals surface area contributed by atoms with Gasteiger partial charge in [-0.1, -0.05) is 27.5 Å². The number of ether oxygens (including phenoxy) is 1. The number of carbonyl (C=O) groups excluding carboxylic acids is 1. The van der Waals surface area contributed by atoms with Crippen molar-refractivity contribution in [2.75, 3.05) is 12.4 Å². The SMILES string of the molecule is O=C(CSc1ccc(Cl)cc1)NC1CCOc2ccc(Br)cc21. The number of amides is 1. The van der Waals surface area contributed by atoms with Crippen LogP contribution in [0.1, 0.15) is 18.0 Å². The summed E-state index contributed by atoms with van der Waals surface area (Å²) in [6.07, 6.45) is 0.779. The van der Waals surface area contributed by atoms with Crippen LogP contribution in [0.2, 0.25) is 5.02 Å². The lowest BCUT2D eigenvalue weighted by atomic mass is 10.0. The van der Waals surface area contributed by atoms with Gasteiger partial charge in [0.15, 0.2) is 0 Å². The number of benzene rings is 2. The van der Waals surface area contributed by atoms with Gasteiger partial charge in [-0.25, -0.2) is 0 Å². The lowest BCUT2D eigenvalue weighted by molar-refractivity contribution is -0.119. The Morgan fingerprint density at radius 1 is 1.30 bits per heavy atom. The van der Waals surface area contributed by atoms with Gasteiger partial charge in [0.25, 0.3) is 0 Å². The van der Waals surface area contributed by atoms with E-state index in [1.165, 1.54) is 11.8 Å². The number of nitrogens with one attached hydrogen (secondary N) is 1. The normalized spacial score (nSPS) is 16.3. The van der Waals surface area contributed by atoms with Crippen LogP contribution < -0.4 is 10.1 Å². The molecule has 1 N–H and O–H groups in total. The molecule has 0 aliphatic carbocycles. The van der Waals surface area contributed by atoms with Crippen LogP contribution in [0.5, 0.6) is 5.75 Å². The number of rotatable bonds is 4. The van der Waals surface area contributed by atoms with Crippen LogP contribution in [0.4, 0.5) is 0 Å². The van der Waals surface area contributed by atoms with E-state index >= 15 is 0 Å². The van der Waals surface area contributed by atoms with Crippen molar-refractivity contribution < 1.29 is 9.53 Å². The van der Waals surface area contributed by atoms with Crippen LogP contribution >= 0.6 is 39.3 Å². The molecule has 0 aromatic heterocycles. The summed E-state index contributed by atoms with van der Waals surface area (Å²) in [6.45, 7) is 0.615. The first-order chi connectivity index (χ1) is 11.1. The second-order valence-corrected chi connectivity index (χ2v) is 7.58. The Morgan fingerprint density at radius 2 is 2.09 bits per heavy atom. The largest absolute Gasteiger partial charge is 0.493 e. The summed E-state index contributed by atoms with van der Waals surface area (Å²) in [4.78, 5) is 13.3. The van der Waals surface area contributed by atoms with Crippen molar-refractivity contribution in [2.24, 2.45) is 0 Å². The second-order valence-electron chi connectivity index (χ2n) is 5.18. The molecule has 2 aromatic carbocycles. The van der Waals surface area contributed by atoms with Gasteiger partial charge < -0.3 is 10.1 Å². The van der Waals surface area contributed by atoms with Gasteiger partial charge in [0.2, 0.25) is 5.91 Å². The fraction of sp³-hybridized carbons (Fsp3) is 0.235. The van der Waals surface area contributed by atoms with Gasteiger partial charge in [-0.15, -0.1) is 11.8 Å². The standard InChI is InChI=1S/C17H15BrClNO2S/c18-11-1-6-16-14(9-11)15(7-8-22-16)20-17(21)10-23-13-4-2-12(19)3-5-13/h1-6,9,15H,7-8,10H2,(H,20,21).